The van der Waals surface area contributed by atoms with Crippen molar-refractivity contribution in [2.75, 3.05) is 52.4 Å². The van der Waals surface area contributed by atoms with E-state index in [4.69, 9.17) is 11.5 Å². The third-order valence-electron chi connectivity index (χ3n) is 8.94. The van der Waals surface area contributed by atoms with Crippen LogP contribution in [0.4, 0.5) is 0 Å². The van der Waals surface area contributed by atoms with Gasteiger partial charge in [0.15, 0.2) is 0 Å². The van der Waals surface area contributed by atoms with Gasteiger partial charge in [0.1, 0.15) is 0 Å². The summed E-state index contributed by atoms with van der Waals surface area (Å²) in [5.41, 5.74) is 11.5. The van der Waals surface area contributed by atoms with Gasteiger partial charge in [0.25, 0.3) is 0 Å². The Bertz CT molecular complexity index is 767. The van der Waals surface area contributed by atoms with Crippen LogP contribution in [-0.4, -0.2) is 84.6 Å². The normalized spacial score (nSPS) is 14.0. The van der Waals surface area contributed by atoms with Gasteiger partial charge in [-0.1, -0.05) is 134 Å². The van der Waals surface area contributed by atoms with E-state index in [1.165, 1.54) is 103 Å². The fourth-order valence-electron chi connectivity index (χ4n) is 5.89. The molecular formula is C42H82N4O2. The van der Waals surface area contributed by atoms with E-state index in [9.17, 15) is 10.2 Å². The zero-order valence-corrected chi connectivity index (χ0v) is 32.1. The van der Waals surface area contributed by atoms with Gasteiger partial charge in [0.2, 0.25) is 0 Å². The molecule has 2 atom stereocenters. The first-order valence-electron chi connectivity index (χ1n) is 20.2. The number of nitrogens with zero attached hydrogens (tertiary/aromatic N) is 2. The monoisotopic (exact) mass is 675 g/mol. The molecule has 48 heavy (non-hydrogen) atoms. The lowest BCUT2D eigenvalue weighted by Gasteiger charge is -2.30. The minimum Gasteiger partial charge on any atom is -0.390 e. The Kier molecular flexibility index (Phi) is 36.0. The molecule has 0 aliphatic carbocycles. The molecule has 0 aromatic rings. The van der Waals surface area contributed by atoms with Crippen LogP contribution in [-0.2, 0) is 0 Å². The first-order chi connectivity index (χ1) is 23.4. The van der Waals surface area contributed by atoms with Crippen LogP contribution in [0.5, 0.6) is 0 Å². The highest BCUT2D eigenvalue weighted by molar-refractivity contribution is 4.94. The average molecular weight is 675 g/mol. The molecule has 6 heteroatoms. The summed E-state index contributed by atoms with van der Waals surface area (Å²) in [5.74, 6) is 0.636. The Morgan fingerprint density at radius 2 is 0.854 bits per heavy atom. The summed E-state index contributed by atoms with van der Waals surface area (Å²) in [4.78, 5) is 4.74. The van der Waals surface area contributed by atoms with E-state index in [1.54, 1.807) is 0 Å². The summed E-state index contributed by atoms with van der Waals surface area (Å²) in [5, 5.41) is 20.6. The van der Waals surface area contributed by atoms with E-state index in [1.807, 2.05) is 0 Å². The molecule has 0 amide bonds. The average Bonchev–Trinajstić information content (AvgIpc) is 3.08. The maximum Gasteiger partial charge on any atom is 0.0789 e. The maximum atomic E-state index is 10.3. The molecule has 0 spiro atoms. The zero-order valence-electron chi connectivity index (χ0n) is 32.1. The topological polar surface area (TPSA) is 99.0 Å². The van der Waals surface area contributed by atoms with Gasteiger partial charge in [-0.25, -0.2) is 0 Å². The Labute approximate surface area is 299 Å². The van der Waals surface area contributed by atoms with Crippen molar-refractivity contribution in [3.05, 3.63) is 48.6 Å². The van der Waals surface area contributed by atoms with Gasteiger partial charge in [-0.05, 0) is 83.2 Å². The van der Waals surface area contributed by atoms with Gasteiger partial charge in [-0.2, -0.15) is 0 Å². The highest BCUT2D eigenvalue weighted by atomic mass is 16.3. The highest BCUT2D eigenvalue weighted by Crippen LogP contribution is 2.11. The summed E-state index contributed by atoms with van der Waals surface area (Å²) < 4.78 is 0. The standard InChI is InChI=1S/C42H82N4O2/c1-4-5-6-7-8-9-10-11-12-13-14-17-20-23-26-29-32-45(38-41(47)36-43)34-35-46(39-42(48)37-44)33-30-27-24-21-18-15-16-19-22-25-28-31-40(2)3/h8-9,11-12,19,22,28,31,40-42,47-48H,4-7,10,13-18,20-21,23-27,29-30,32-39,43-44H2,1-3H3/b9-8-,12-11+,22-19+,31-28-. The number of aliphatic hydroxyl groups excluding tert-OH is 2. The molecule has 0 aliphatic heterocycles. The molecule has 0 aromatic carbocycles. The van der Waals surface area contributed by atoms with Crippen LogP contribution in [0.2, 0.25) is 0 Å². The van der Waals surface area contributed by atoms with Crippen LogP contribution in [0.25, 0.3) is 0 Å². The summed E-state index contributed by atoms with van der Waals surface area (Å²) in [7, 11) is 0. The summed E-state index contributed by atoms with van der Waals surface area (Å²) in [6.07, 6.45) is 42.2. The first kappa shape index (κ1) is 46.7. The number of aliphatic hydroxyl groups is 2. The van der Waals surface area contributed by atoms with E-state index in [0.717, 1.165) is 51.9 Å². The van der Waals surface area contributed by atoms with E-state index in [2.05, 4.69) is 79.2 Å². The zero-order chi connectivity index (χ0) is 35.3. The molecule has 6 N–H and O–H groups in total. The van der Waals surface area contributed by atoms with Crippen molar-refractivity contribution < 1.29 is 10.2 Å². The quantitative estimate of drug-likeness (QED) is 0.0391. The van der Waals surface area contributed by atoms with Crippen molar-refractivity contribution >= 4 is 0 Å². The van der Waals surface area contributed by atoms with Gasteiger partial charge < -0.3 is 21.7 Å². The molecule has 0 rings (SSSR count). The summed E-state index contributed by atoms with van der Waals surface area (Å²) >= 11 is 0. The van der Waals surface area contributed by atoms with Gasteiger partial charge in [-0.15, -0.1) is 0 Å². The Hall–Kier alpha value is -1.28. The molecule has 0 aromatic heterocycles. The van der Waals surface area contributed by atoms with Crippen LogP contribution in [0.15, 0.2) is 48.6 Å². The van der Waals surface area contributed by atoms with Gasteiger partial charge >= 0.3 is 0 Å². The second-order valence-corrected chi connectivity index (χ2v) is 14.3. The van der Waals surface area contributed by atoms with Crippen molar-refractivity contribution in [2.45, 2.75) is 161 Å². The molecule has 282 valence electrons. The molecule has 6 nitrogen and oxygen atoms in total. The predicted octanol–water partition coefficient (Wildman–Crippen LogP) is 8.93. The minimum absolute atomic E-state index is 0.293. The number of allylic oxidation sites excluding steroid dienone is 8. The molecule has 0 aliphatic rings. The third kappa shape index (κ3) is 34.6. The van der Waals surface area contributed by atoms with Crippen molar-refractivity contribution in [2.24, 2.45) is 17.4 Å². The lowest BCUT2D eigenvalue weighted by Crippen LogP contribution is -2.44. The molecule has 0 bridgehead atoms. The van der Waals surface area contributed by atoms with E-state index < -0.39 is 12.2 Å². The van der Waals surface area contributed by atoms with E-state index >= 15 is 0 Å². The number of nitrogens with two attached hydrogens (primary N) is 2. The fraction of sp³-hybridized carbons (Fsp3) is 0.810. The van der Waals surface area contributed by atoms with Crippen molar-refractivity contribution in [3.63, 3.8) is 0 Å². The number of rotatable bonds is 36. The summed E-state index contributed by atoms with van der Waals surface area (Å²) in [6.45, 7) is 12.3. The predicted molar refractivity (Wildman–Crippen MR) is 212 cm³/mol. The Morgan fingerprint density at radius 1 is 0.479 bits per heavy atom. The van der Waals surface area contributed by atoms with Gasteiger partial charge in [-0.3, -0.25) is 9.80 Å². The smallest absolute Gasteiger partial charge is 0.0789 e. The Morgan fingerprint density at radius 3 is 1.25 bits per heavy atom. The molecule has 2 unspecified atom stereocenters. The third-order valence-corrected chi connectivity index (χ3v) is 8.94. The van der Waals surface area contributed by atoms with E-state index in [0.29, 0.717) is 32.1 Å². The number of unbranched alkanes of at least 4 members (excludes halogenated alkanes) is 15. The molecular weight excluding hydrogens is 592 g/mol. The maximum absolute atomic E-state index is 10.3. The van der Waals surface area contributed by atoms with E-state index in [-0.39, 0.29) is 0 Å². The van der Waals surface area contributed by atoms with Crippen molar-refractivity contribution in [1.29, 1.82) is 0 Å². The van der Waals surface area contributed by atoms with Crippen molar-refractivity contribution in [3.8, 4) is 0 Å². The largest absolute Gasteiger partial charge is 0.390 e. The van der Waals surface area contributed by atoms with Gasteiger partial charge in [0.05, 0.1) is 12.2 Å². The molecule has 0 saturated heterocycles. The van der Waals surface area contributed by atoms with Crippen molar-refractivity contribution in [1.82, 2.24) is 9.80 Å². The molecule has 0 saturated carbocycles. The van der Waals surface area contributed by atoms with Crippen LogP contribution in [0, 0.1) is 5.92 Å². The van der Waals surface area contributed by atoms with Crippen LogP contribution in [0.1, 0.15) is 149 Å². The number of hydrogen-bond donors (Lipinski definition) is 4. The number of hydrogen-bond acceptors (Lipinski definition) is 6. The lowest BCUT2D eigenvalue weighted by molar-refractivity contribution is 0.0882. The van der Waals surface area contributed by atoms with Gasteiger partial charge in [0, 0.05) is 39.3 Å². The first-order valence-corrected chi connectivity index (χ1v) is 20.2. The molecule has 0 heterocycles. The minimum atomic E-state index is -0.491. The van der Waals surface area contributed by atoms with Crippen LogP contribution in [0.3, 0.4) is 0 Å². The molecule has 0 radical (unpaired) electrons. The molecule has 0 fully saturated rings. The highest BCUT2D eigenvalue weighted by Gasteiger charge is 2.15. The van der Waals surface area contributed by atoms with Crippen LogP contribution < -0.4 is 11.5 Å². The van der Waals surface area contributed by atoms with Crippen LogP contribution >= 0.6 is 0 Å². The second kappa shape index (κ2) is 37.0. The lowest BCUT2D eigenvalue weighted by atomic mass is 10.1. The fourth-order valence-corrected chi connectivity index (χ4v) is 5.89. The second-order valence-electron chi connectivity index (χ2n) is 14.3. The Balaban J connectivity index is 4.24. The SMILES string of the molecule is CCCCC/C=C\C/C=C/CCCCCCCCN(CCN(CCCCCCCC/C=C/C/C=C\C(C)C)CC(O)CN)CC(O)CN. The summed E-state index contributed by atoms with van der Waals surface area (Å²) in [6, 6.07) is 0.